The van der Waals surface area contributed by atoms with Crippen molar-refractivity contribution in [2.75, 3.05) is 25.0 Å². The maximum atomic E-state index is 13.5. The second kappa shape index (κ2) is 9.15. The van der Waals surface area contributed by atoms with E-state index >= 15 is 0 Å². The number of amides is 1. The Kier molecular flexibility index (Phi) is 6.60. The number of hydrogen-bond donors (Lipinski definition) is 1. The first-order chi connectivity index (χ1) is 13.9. The van der Waals surface area contributed by atoms with Crippen LogP contribution in [0.25, 0.3) is 0 Å². The Morgan fingerprint density at radius 3 is 2.52 bits per heavy atom. The Morgan fingerprint density at radius 1 is 1.07 bits per heavy atom. The van der Waals surface area contributed by atoms with Crippen molar-refractivity contribution in [1.29, 1.82) is 0 Å². The minimum atomic E-state index is -3.60. The largest absolute Gasteiger partial charge is 0.455 e. The van der Waals surface area contributed by atoms with Crippen LogP contribution in [0.5, 0.6) is 0 Å². The third-order valence-corrected chi connectivity index (χ3v) is 6.37. The van der Waals surface area contributed by atoms with E-state index in [0.717, 1.165) is 12.8 Å². The highest BCUT2D eigenvalue weighted by Gasteiger charge is 2.27. The van der Waals surface area contributed by atoms with Crippen molar-refractivity contribution in [3.63, 3.8) is 0 Å². The summed E-state index contributed by atoms with van der Waals surface area (Å²) in [5.74, 6) is -1.89. The molecule has 2 aromatic carbocycles. The highest BCUT2D eigenvalue weighted by atomic mass is 32.2. The molecule has 7 nitrogen and oxygen atoms in total. The fourth-order valence-corrected chi connectivity index (χ4v) is 4.57. The minimum Gasteiger partial charge on any atom is -0.455 e. The van der Waals surface area contributed by atoms with Crippen molar-refractivity contribution in [2.24, 2.45) is 0 Å². The summed E-state index contributed by atoms with van der Waals surface area (Å²) in [5, 5.41) is 2.50. The number of benzene rings is 2. The molecule has 29 heavy (non-hydrogen) atoms. The molecule has 0 saturated carbocycles. The van der Waals surface area contributed by atoms with Gasteiger partial charge in [0.2, 0.25) is 10.0 Å². The summed E-state index contributed by atoms with van der Waals surface area (Å²) in [4.78, 5) is 23.9. The van der Waals surface area contributed by atoms with Crippen LogP contribution in [0, 0.1) is 5.82 Å². The van der Waals surface area contributed by atoms with Crippen molar-refractivity contribution in [1.82, 2.24) is 4.31 Å². The topological polar surface area (TPSA) is 92.8 Å². The molecule has 1 fully saturated rings. The van der Waals surface area contributed by atoms with E-state index in [-0.39, 0.29) is 22.6 Å². The lowest BCUT2D eigenvalue weighted by Gasteiger charge is -2.16. The van der Waals surface area contributed by atoms with Gasteiger partial charge in [-0.25, -0.2) is 12.8 Å². The fraction of sp³-hybridized carbons (Fsp3) is 0.300. The van der Waals surface area contributed by atoms with Crippen molar-refractivity contribution in [3.8, 4) is 0 Å². The predicted molar refractivity (Wildman–Crippen MR) is 104 cm³/mol. The number of hydrogen-bond acceptors (Lipinski definition) is 5. The van der Waals surface area contributed by atoms with Crippen LogP contribution in [0.3, 0.4) is 0 Å². The van der Waals surface area contributed by atoms with E-state index in [1.54, 1.807) is 12.1 Å². The van der Waals surface area contributed by atoms with Crippen LogP contribution < -0.4 is 5.32 Å². The molecule has 1 N–H and O–H groups in total. The molecular formula is C20H21FN2O5S. The second-order valence-electron chi connectivity index (χ2n) is 6.62. The highest BCUT2D eigenvalue weighted by molar-refractivity contribution is 7.89. The molecule has 0 spiro atoms. The first kappa shape index (κ1) is 20.9. The van der Waals surface area contributed by atoms with Crippen LogP contribution in [0.1, 0.15) is 18.4 Å². The van der Waals surface area contributed by atoms with Gasteiger partial charge in [0.05, 0.1) is 11.3 Å². The van der Waals surface area contributed by atoms with Crippen LogP contribution >= 0.6 is 0 Å². The smallest absolute Gasteiger partial charge is 0.310 e. The van der Waals surface area contributed by atoms with E-state index in [4.69, 9.17) is 4.74 Å². The summed E-state index contributed by atoms with van der Waals surface area (Å²) in [6.45, 7) is 0.407. The van der Waals surface area contributed by atoms with Gasteiger partial charge >= 0.3 is 5.97 Å². The number of carbonyl (C=O) groups is 2. The number of esters is 1. The SMILES string of the molecule is O=C(COC(=O)Cc1ccccc1F)Nc1cccc(S(=O)(=O)N2CCCC2)c1. The molecule has 1 amide bonds. The van der Waals surface area contributed by atoms with E-state index in [1.165, 1.54) is 40.7 Å². The van der Waals surface area contributed by atoms with Crippen molar-refractivity contribution < 1.29 is 27.1 Å². The second-order valence-corrected chi connectivity index (χ2v) is 8.55. The molecule has 2 aromatic rings. The van der Waals surface area contributed by atoms with Crippen LogP contribution in [0.2, 0.25) is 0 Å². The Hall–Kier alpha value is -2.78. The average molecular weight is 420 g/mol. The maximum absolute atomic E-state index is 13.5. The zero-order valence-electron chi connectivity index (χ0n) is 15.6. The number of nitrogens with zero attached hydrogens (tertiary/aromatic N) is 1. The standard InChI is InChI=1S/C20H21FN2O5S/c21-18-9-2-1-6-15(18)12-20(25)28-14-19(24)22-16-7-5-8-17(13-16)29(26,27)23-10-3-4-11-23/h1-2,5-9,13H,3-4,10-12,14H2,(H,22,24). The van der Waals surface area contributed by atoms with Crippen LogP contribution in [0.4, 0.5) is 10.1 Å². The lowest BCUT2D eigenvalue weighted by atomic mass is 10.1. The van der Waals surface area contributed by atoms with Gasteiger partial charge in [-0.2, -0.15) is 4.31 Å². The molecule has 1 aliphatic heterocycles. The molecule has 1 aliphatic rings. The molecule has 1 heterocycles. The fourth-order valence-electron chi connectivity index (χ4n) is 3.00. The zero-order chi connectivity index (χ0) is 20.9. The molecule has 0 aliphatic carbocycles. The van der Waals surface area contributed by atoms with Crippen molar-refractivity contribution in [3.05, 3.63) is 59.9 Å². The molecule has 0 unspecified atom stereocenters. The zero-order valence-corrected chi connectivity index (χ0v) is 16.5. The number of rotatable bonds is 7. The Balaban J connectivity index is 1.55. The van der Waals surface area contributed by atoms with Gasteiger partial charge in [-0.1, -0.05) is 24.3 Å². The van der Waals surface area contributed by atoms with E-state index in [9.17, 15) is 22.4 Å². The maximum Gasteiger partial charge on any atom is 0.310 e. The highest BCUT2D eigenvalue weighted by Crippen LogP contribution is 2.23. The lowest BCUT2D eigenvalue weighted by Crippen LogP contribution is -2.28. The van der Waals surface area contributed by atoms with E-state index in [2.05, 4.69) is 5.32 Å². The molecule has 9 heteroatoms. The summed E-state index contributed by atoms with van der Waals surface area (Å²) in [6.07, 6.45) is 1.37. The summed E-state index contributed by atoms with van der Waals surface area (Å²) < 4.78 is 45.0. The van der Waals surface area contributed by atoms with Gasteiger partial charge in [-0.15, -0.1) is 0 Å². The monoisotopic (exact) mass is 420 g/mol. The van der Waals surface area contributed by atoms with Gasteiger partial charge in [0, 0.05) is 18.8 Å². The van der Waals surface area contributed by atoms with Gasteiger partial charge < -0.3 is 10.1 Å². The van der Waals surface area contributed by atoms with Gasteiger partial charge in [0.25, 0.3) is 5.91 Å². The van der Waals surface area contributed by atoms with Crippen molar-refractivity contribution in [2.45, 2.75) is 24.2 Å². The number of anilines is 1. The summed E-state index contributed by atoms with van der Waals surface area (Å²) in [5.41, 5.74) is 0.457. The predicted octanol–water partition coefficient (Wildman–Crippen LogP) is 2.33. The summed E-state index contributed by atoms with van der Waals surface area (Å²) in [6, 6.07) is 11.7. The van der Waals surface area contributed by atoms with Crippen LogP contribution in [0.15, 0.2) is 53.4 Å². The Morgan fingerprint density at radius 2 is 1.79 bits per heavy atom. The average Bonchev–Trinajstić information content (AvgIpc) is 3.24. The molecule has 3 rings (SSSR count). The lowest BCUT2D eigenvalue weighted by molar-refractivity contribution is -0.146. The molecule has 0 aromatic heterocycles. The molecular weight excluding hydrogens is 399 g/mol. The molecule has 0 bridgehead atoms. The quantitative estimate of drug-likeness (QED) is 0.694. The molecule has 154 valence electrons. The normalized spacial score (nSPS) is 14.5. The van der Waals surface area contributed by atoms with E-state index in [1.807, 2.05) is 0 Å². The number of ether oxygens (including phenoxy) is 1. The van der Waals surface area contributed by atoms with Gasteiger partial charge in [-0.3, -0.25) is 9.59 Å². The Labute approximate surface area is 168 Å². The van der Waals surface area contributed by atoms with Crippen LogP contribution in [-0.2, 0) is 30.8 Å². The Bertz CT molecular complexity index is 1000. The number of halogens is 1. The van der Waals surface area contributed by atoms with Gasteiger partial charge in [-0.05, 0) is 42.7 Å². The minimum absolute atomic E-state index is 0.0914. The third-order valence-electron chi connectivity index (χ3n) is 4.48. The number of sulfonamides is 1. The number of carbonyl (C=O) groups excluding carboxylic acids is 2. The van der Waals surface area contributed by atoms with Crippen molar-refractivity contribution >= 4 is 27.6 Å². The van der Waals surface area contributed by atoms with Gasteiger partial charge in [0.15, 0.2) is 6.61 Å². The third kappa shape index (κ3) is 5.39. The first-order valence-electron chi connectivity index (χ1n) is 9.15. The summed E-state index contributed by atoms with van der Waals surface area (Å²) in [7, 11) is -3.60. The molecule has 0 radical (unpaired) electrons. The van der Waals surface area contributed by atoms with Crippen LogP contribution in [-0.4, -0.2) is 44.3 Å². The first-order valence-corrected chi connectivity index (χ1v) is 10.6. The van der Waals surface area contributed by atoms with E-state index in [0.29, 0.717) is 13.1 Å². The molecule has 0 atom stereocenters. The number of nitrogens with one attached hydrogen (secondary N) is 1. The van der Waals surface area contributed by atoms with E-state index < -0.39 is 34.3 Å². The molecule has 1 saturated heterocycles. The van der Waals surface area contributed by atoms with Gasteiger partial charge in [0.1, 0.15) is 5.82 Å². The summed E-state index contributed by atoms with van der Waals surface area (Å²) >= 11 is 0.